The van der Waals surface area contributed by atoms with Crippen molar-refractivity contribution >= 4 is 58.6 Å². The molecule has 2 heterocycles. The molecule has 0 radical (unpaired) electrons. The molecule has 8 nitrogen and oxygen atoms in total. The minimum atomic E-state index is -1.27. The number of hydrogen-bond acceptors (Lipinski definition) is 5. The van der Waals surface area contributed by atoms with Gasteiger partial charge in [-0.15, -0.1) is 0 Å². The second-order valence-electron chi connectivity index (χ2n) is 8.75. The molecule has 3 amide bonds. The Hall–Kier alpha value is -4.60. The summed E-state index contributed by atoms with van der Waals surface area (Å²) in [7, 11) is 0. The third-order valence-electron chi connectivity index (χ3n) is 6.21. The van der Waals surface area contributed by atoms with Gasteiger partial charge in [-0.25, -0.2) is 5.43 Å². The third-order valence-corrected chi connectivity index (χ3v) is 6.75. The minimum Gasteiger partial charge on any atom is -0.314 e. The van der Waals surface area contributed by atoms with Crippen molar-refractivity contribution in [2.45, 2.75) is 6.92 Å². The zero-order valence-electron chi connectivity index (χ0n) is 20.7. The number of thiocarbonyl (C=S) groups is 1. The maximum atomic E-state index is 13.0. The van der Waals surface area contributed by atoms with E-state index in [9.17, 15) is 14.4 Å². The molecule has 1 aliphatic heterocycles. The molecule has 5 rings (SSSR count). The quantitative estimate of drug-likeness (QED) is 0.153. The first-order valence-electron chi connectivity index (χ1n) is 12.0. The lowest BCUT2D eigenvalue weighted by Gasteiger charge is -2.30. The number of rotatable bonds is 6. The number of amides is 3. The van der Waals surface area contributed by atoms with Gasteiger partial charge in [0.2, 0.25) is 5.91 Å². The number of hydrogen-bond donors (Lipinski definition) is 2. The second-order valence-corrected chi connectivity index (χ2v) is 9.57. The maximum absolute atomic E-state index is 13.0. The van der Waals surface area contributed by atoms with Gasteiger partial charge in [0.1, 0.15) is 0 Å². The Morgan fingerprint density at radius 1 is 0.949 bits per heavy atom. The van der Waals surface area contributed by atoms with Crippen LogP contribution in [0.25, 0.3) is 16.9 Å². The number of benzene rings is 3. The summed E-state index contributed by atoms with van der Waals surface area (Å²) in [5.41, 5.74) is 7.28. The van der Waals surface area contributed by atoms with Crippen LogP contribution >= 0.6 is 23.8 Å². The van der Waals surface area contributed by atoms with E-state index in [-0.39, 0.29) is 5.11 Å². The van der Waals surface area contributed by atoms with Gasteiger partial charge in [-0.2, -0.15) is 5.10 Å². The second kappa shape index (κ2) is 11.0. The van der Waals surface area contributed by atoms with Crippen LogP contribution in [0.1, 0.15) is 16.1 Å². The van der Waals surface area contributed by atoms with Crippen molar-refractivity contribution in [3.63, 3.8) is 0 Å². The molecular formula is C29H22ClN5O3S. The summed E-state index contributed by atoms with van der Waals surface area (Å²) >= 11 is 11.1. The fourth-order valence-corrected chi connectivity index (χ4v) is 4.69. The molecule has 1 atom stereocenters. The number of carbonyl (C=O) groups excluding carboxylic acids is 3. The van der Waals surface area contributed by atoms with Crippen LogP contribution in [0.5, 0.6) is 0 Å². The van der Waals surface area contributed by atoms with Crippen molar-refractivity contribution in [2.24, 2.45) is 11.0 Å². The molecule has 2 N–H and O–H groups in total. The average molecular weight is 556 g/mol. The van der Waals surface area contributed by atoms with Gasteiger partial charge >= 0.3 is 0 Å². The van der Waals surface area contributed by atoms with Gasteiger partial charge in [-0.05, 0) is 85.4 Å². The zero-order valence-corrected chi connectivity index (χ0v) is 22.2. The van der Waals surface area contributed by atoms with Gasteiger partial charge < -0.3 is 9.88 Å². The molecule has 0 spiro atoms. The van der Waals surface area contributed by atoms with Crippen molar-refractivity contribution in [3.8, 4) is 16.9 Å². The lowest BCUT2D eigenvalue weighted by atomic mass is 10.1. The smallest absolute Gasteiger partial charge is 0.271 e. The Kier molecular flexibility index (Phi) is 7.36. The van der Waals surface area contributed by atoms with Gasteiger partial charge in [0.25, 0.3) is 11.8 Å². The molecule has 1 aliphatic rings. The average Bonchev–Trinajstić information content (AvgIpc) is 3.33. The lowest BCUT2D eigenvalue weighted by Crippen LogP contribution is -2.58. The van der Waals surface area contributed by atoms with E-state index >= 15 is 0 Å². The summed E-state index contributed by atoms with van der Waals surface area (Å²) in [4.78, 5) is 39.4. The molecule has 0 bridgehead atoms. The standard InChI is InChI=1S/C29H22ClN5O3S/c1-18-7-16-25(19-5-3-2-4-6-19)34(18)22-12-8-20(9-13-22)26(36)33-31-17-24-27(37)32-29(39)35(28(24)38)23-14-10-21(30)11-15-23/h2-17,24H,1H3,(H,33,36)(H,32,37,39)/b31-17+/t24-/m0/s1. The molecule has 0 unspecified atom stereocenters. The van der Waals surface area contributed by atoms with Crippen LogP contribution in [-0.2, 0) is 9.59 Å². The summed E-state index contributed by atoms with van der Waals surface area (Å²) in [5, 5.41) is 6.81. The Morgan fingerprint density at radius 2 is 1.62 bits per heavy atom. The predicted octanol–water partition coefficient (Wildman–Crippen LogP) is 4.89. The zero-order chi connectivity index (χ0) is 27.5. The van der Waals surface area contributed by atoms with Crippen LogP contribution in [0.2, 0.25) is 5.02 Å². The molecule has 4 aromatic rings. The van der Waals surface area contributed by atoms with Crippen LogP contribution in [-0.4, -0.2) is 33.6 Å². The van der Waals surface area contributed by atoms with Crippen molar-refractivity contribution < 1.29 is 14.4 Å². The molecule has 0 aliphatic carbocycles. The summed E-state index contributed by atoms with van der Waals surface area (Å²) in [6.45, 7) is 2.02. The van der Waals surface area contributed by atoms with Crippen LogP contribution in [0.3, 0.4) is 0 Å². The molecule has 194 valence electrons. The van der Waals surface area contributed by atoms with Crippen LogP contribution < -0.4 is 15.6 Å². The lowest BCUT2D eigenvalue weighted by molar-refractivity contribution is -0.130. The molecule has 1 saturated heterocycles. The van der Waals surface area contributed by atoms with Gasteiger partial charge in [0, 0.05) is 28.2 Å². The first-order chi connectivity index (χ1) is 18.8. The highest BCUT2D eigenvalue weighted by molar-refractivity contribution is 7.80. The van der Waals surface area contributed by atoms with Gasteiger partial charge in [-0.3, -0.25) is 19.3 Å². The number of aryl methyl sites for hydroxylation is 1. The summed E-state index contributed by atoms with van der Waals surface area (Å²) in [6, 6.07) is 27.7. The SMILES string of the molecule is Cc1ccc(-c2ccccc2)n1-c1ccc(C(=O)N/N=C/[C@H]2C(=O)NC(=S)N(c3ccc(Cl)cc3)C2=O)cc1. The first kappa shape index (κ1) is 26.0. The fourth-order valence-electron chi connectivity index (χ4n) is 4.27. The molecule has 0 saturated carbocycles. The third kappa shape index (κ3) is 5.36. The number of carbonyl (C=O) groups is 3. The van der Waals surface area contributed by atoms with Crippen molar-refractivity contribution in [3.05, 3.63) is 107 Å². The van der Waals surface area contributed by atoms with E-state index in [4.69, 9.17) is 23.8 Å². The number of nitrogens with one attached hydrogen (secondary N) is 2. The highest BCUT2D eigenvalue weighted by atomic mass is 35.5. The van der Waals surface area contributed by atoms with Crippen LogP contribution in [0.15, 0.2) is 96.1 Å². The predicted molar refractivity (Wildman–Crippen MR) is 155 cm³/mol. The minimum absolute atomic E-state index is 0.0468. The fraction of sp³-hybridized carbons (Fsp3) is 0.0690. The largest absolute Gasteiger partial charge is 0.314 e. The van der Waals surface area contributed by atoms with Gasteiger partial charge in [0.15, 0.2) is 11.0 Å². The van der Waals surface area contributed by atoms with E-state index in [0.717, 1.165) is 28.9 Å². The van der Waals surface area contributed by atoms with E-state index in [2.05, 4.69) is 26.5 Å². The Bertz CT molecular complexity index is 1600. The van der Waals surface area contributed by atoms with Gasteiger partial charge in [0.05, 0.1) is 11.4 Å². The van der Waals surface area contributed by atoms with Crippen molar-refractivity contribution in [1.29, 1.82) is 0 Å². The number of hydrazone groups is 1. The number of aromatic nitrogens is 1. The summed E-state index contributed by atoms with van der Waals surface area (Å²) < 4.78 is 2.11. The Balaban J connectivity index is 1.29. The van der Waals surface area contributed by atoms with Crippen molar-refractivity contribution in [1.82, 2.24) is 15.3 Å². The molecule has 10 heteroatoms. The van der Waals surface area contributed by atoms with Gasteiger partial charge in [-0.1, -0.05) is 41.9 Å². The molecule has 1 aromatic heterocycles. The van der Waals surface area contributed by atoms with Crippen molar-refractivity contribution in [2.75, 3.05) is 4.90 Å². The highest BCUT2D eigenvalue weighted by Crippen LogP contribution is 2.27. The van der Waals surface area contributed by atoms with E-state index in [1.165, 1.54) is 4.90 Å². The molecule has 1 fully saturated rings. The summed E-state index contributed by atoms with van der Waals surface area (Å²) in [6.07, 6.45) is 1.09. The van der Waals surface area contributed by atoms with Crippen LogP contribution in [0, 0.1) is 12.8 Å². The Labute approximate surface area is 234 Å². The van der Waals surface area contributed by atoms with E-state index in [1.807, 2.05) is 55.5 Å². The Morgan fingerprint density at radius 3 is 2.31 bits per heavy atom. The monoisotopic (exact) mass is 555 g/mol. The maximum Gasteiger partial charge on any atom is 0.271 e. The van der Waals surface area contributed by atoms with E-state index < -0.39 is 23.6 Å². The molecule has 3 aromatic carbocycles. The van der Waals surface area contributed by atoms with E-state index in [1.54, 1.807) is 36.4 Å². The van der Waals surface area contributed by atoms with Crippen LogP contribution in [0.4, 0.5) is 5.69 Å². The number of nitrogens with zero attached hydrogens (tertiary/aromatic N) is 3. The highest BCUT2D eigenvalue weighted by Gasteiger charge is 2.38. The van der Waals surface area contributed by atoms with E-state index in [0.29, 0.717) is 16.3 Å². The topological polar surface area (TPSA) is 95.8 Å². The number of anilines is 1. The number of halogens is 1. The molecular weight excluding hydrogens is 534 g/mol. The summed E-state index contributed by atoms with van der Waals surface area (Å²) in [5.74, 6) is -2.99. The first-order valence-corrected chi connectivity index (χ1v) is 12.7. The normalized spacial score (nSPS) is 15.5. The molecule has 39 heavy (non-hydrogen) atoms.